The molecule has 0 aliphatic carbocycles. The molecule has 0 radical (unpaired) electrons. The molecule has 162 valence electrons. The molecule has 0 bridgehead atoms. The van der Waals surface area contributed by atoms with Crippen molar-refractivity contribution in [2.45, 2.75) is 31.7 Å². The fourth-order valence-corrected chi connectivity index (χ4v) is 3.90. The van der Waals surface area contributed by atoms with E-state index in [0.29, 0.717) is 37.5 Å². The molecule has 8 heteroatoms. The summed E-state index contributed by atoms with van der Waals surface area (Å²) >= 11 is 0. The number of likely N-dealkylation sites (tertiary alicyclic amines) is 1. The fraction of sp³-hybridized carbons (Fsp3) is 0.348. The molecule has 0 unspecified atom stereocenters. The molecular formula is C23H26N4O4. The zero-order valence-electron chi connectivity index (χ0n) is 17.5. The van der Waals surface area contributed by atoms with Gasteiger partial charge < -0.3 is 19.4 Å². The Morgan fingerprint density at radius 1 is 1.23 bits per heavy atom. The molecular weight excluding hydrogens is 396 g/mol. The highest BCUT2D eigenvalue weighted by atomic mass is 16.5. The topological polar surface area (TPSA) is 100 Å². The highest BCUT2D eigenvalue weighted by molar-refractivity contribution is 5.92. The third-order valence-corrected chi connectivity index (χ3v) is 5.66. The number of furan rings is 1. The summed E-state index contributed by atoms with van der Waals surface area (Å²) < 4.78 is 10.6. The van der Waals surface area contributed by atoms with E-state index < -0.39 is 0 Å². The summed E-state index contributed by atoms with van der Waals surface area (Å²) in [4.78, 5) is 26.9. The maximum absolute atomic E-state index is 12.7. The van der Waals surface area contributed by atoms with Crippen LogP contribution in [0.1, 0.15) is 46.3 Å². The summed E-state index contributed by atoms with van der Waals surface area (Å²) in [5.41, 5.74) is 2.19. The quantitative estimate of drug-likeness (QED) is 0.610. The van der Waals surface area contributed by atoms with Crippen LogP contribution in [0, 0.1) is 0 Å². The van der Waals surface area contributed by atoms with Gasteiger partial charge in [-0.3, -0.25) is 14.7 Å². The Bertz CT molecular complexity index is 1020. The minimum absolute atomic E-state index is 0.102. The van der Waals surface area contributed by atoms with Gasteiger partial charge in [0.05, 0.1) is 26.3 Å². The summed E-state index contributed by atoms with van der Waals surface area (Å²) in [7, 11) is 1.62. The predicted octanol–water partition coefficient (Wildman–Crippen LogP) is 2.89. The molecule has 8 nitrogen and oxygen atoms in total. The van der Waals surface area contributed by atoms with Crippen LogP contribution in [-0.2, 0) is 17.8 Å². The van der Waals surface area contributed by atoms with Gasteiger partial charge in [0.25, 0.3) is 5.91 Å². The molecule has 31 heavy (non-hydrogen) atoms. The van der Waals surface area contributed by atoms with Crippen molar-refractivity contribution >= 4 is 11.8 Å². The molecule has 1 saturated heterocycles. The number of benzene rings is 1. The lowest BCUT2D eigenvalue weighted by Crippen LogP contribution is -2.38. The van der Waals surface area contributed by atoms with Crippen LogP contribution in [0.5, 0.6) is 5.75 Å². The Morgan fingerprint density at radius 2 is 2.03 bits per heavy atom. The van der Waals surface area contributed by atoms with Gasteiger partial charge in [-0.15, -0.1) is 0 Å². The van der Waals surface area contributed by atoms with E-state index in [1.807, 2.05) is 29.2 Å². The van der Waals surface area contributed by atoms with Crippen molar-refractivity contribution in [2.24, 2.45) is 0 Å². The SMILES string of the molecule is COc1ccccc1CC(=O)N1CCC(c2cc(C(=O)NCc3ccco3)n[nH]2)CC1. The van der Waals surface area contributed by atoms with E-state index in [1.54, 1.807) is 31.6 Å². The van der Waals surface area contributed by atoms with E-state index in [0.717, 1.165) is 29.8 Å². The van der Waals surface area contributed by atoms with Crippen LogP contribution in [0.15, 0.2) is 53.1 Å². The monoisotopic (exact) mass is 422 g/mol. The van der Waals surface area contributed by atoms with Crippen molar-refractivity contribution in [1.29, 1.82) is 0 Å². The molecule has 2 amide bonds. The Balaban J connectivity index is 1.28. The second-order valence-electron chi connectivity index (χ2n) is 7.61. The van der Waals surface area contributed by atoms with Gasteiger partial charge in [-0.2, -0.15) is 5.10 Å². The van der Waals surface area contributed by atoms with Crippen molar-refractivity contribution in [2.75, 3.05) is 20.2 Å². The summed E-state index contributed by atoms with van der Waals surface area (Å²) in [5, 5.41) is 9.95. The van der Waals surface area contributed by atoms with E-state index in [2.05, 4.69) is 15.5 Å². The number of aromatic nitrogens is 2. The minimum atomic E-state index is -0.247. The number of amides is 2. The first-order valence-electron chi connectivity index (χ1n) is 10.4. The number of hydrogen-bond acceptors (Lipinski definition) is 5. The number of hydrogen-bond donors (Lipinski definition) is 2. The smallest absolute Gasteiger partial charge is 0.272 e. The van der Waals surface area contributed by atoms with E-state index >= 15 is 0 Å². The number of rotatable bonds is 7. The van der Waals surface area contributed by atoms with Gasteiger partial charge in [0, 0.05) is 30.3 Å². The second-order valence-corrected chi connectivity index (χ2v) is 7.61. The first-order chi connectivity index (χ1) is 15.1. The summed E-state index contributed by atoms with van der Waals surface area (Å²) in [5.74, 6) is 1.53. The minimum Gasteiger partial charge on any atom is -0.496 e. The van der Waals surface area contributed by atoms with Gasteiger partial charge >= 0.3 is 0 Å². The van der Waals surface area contributed by atoms with Crippen molar-refractivity contribution in [1.82, 2.24) is 20.4 Å². The molecule has 1 aromatic carbocycles. The molecule has 0 atom stereocenters. The zero-order chi connectivity index (χ0) is 21.6. The Labute approximate surface area is 180 Å². The molecule has 3 aromatic rings. The first-order valence-corrected chi connectivity index (χ1v) is 10.4. The number of carbonyl (C=O) groups excluding carboxylic acids is 2. The van der Waals surface area contributed by atoms with Gasteiger partial charge in [-0.25, -0.2) is 0 Å². The number of carbonyl (C=O) groups is 2. The predicted molar refractivity (Wildman–Crippen MR) is 114 cm³/mol. The average molecular weight is 422 g/mol. The van der Waals surface area contributed by atoms with Gasteiger partial charge in [0.1, 0.15) is 17.2 Å². The van der Waals surface area contributed by atoms with Crippen LogP contribution >= 0.6 is 0 Å². The molecule has 0 spiro atoms. The molecule has 0 saturated carbocycles. The average Bonchev–Trinajstić information content (AvgIpc) is 3.50. The maximum atomic E-state index is 12.7. The molecule has 4 rings (SSSR count). The number of aromatic amines is 1. The van der Waals surface area contributed by atoms with E-state index in [1.165, 1.54) is 0 Å². The number of methoxy groups -OCH3 is 1. The molecule has 1 aliphatic heterocycles. The van der Waals surface area contributed by atoms with Gasteiger partial charge in [-0.1, -0.05) is 18.2 Å². The van der Waals surface area contributed by atoms with Crippen LogP contribution < -0.4 is 10.1 Å². The van der Waals surface area contributed by atoms with Crippen molar-refractivity contribution in [3.8, 4) is 5.75 Å². The van der Waals surface area contributed by atoms with Gasteiger partial charge in [0.15, 0.2) is 0 Å². The van der Waals surface area contributed by atoms with E-state index in [-0.39, 0.29) is 17.7 Å². The normalized spacial score (nSPS) is 14.4. The molecule has 1 fully saturated rings. The summed E-state index contributed by atoms with van der Waals surface area (Å²) in [6.45, 7) is 1.68. The number of nitrogens with zero attached hydrogens (tertiary/aromatic N) is 2. The Morgan fingerprint density at radius 3 is 2.77 bits per heavy atom. The largest absolute Gasteiger partial charge is 0.496 e. The van der Waals surface area contributed by atoms with Gasteiger partial charge in [-0.05, 0) is 37.1 Å². The van der Waals surface area contributed by atoms with Crippen molar-refractivity contribution < 1.29 is 18.7 Å². The van der Waals surface area contributed by atoms with Crippen LogP contribution in [0.3, 0.4) is 0 Å². The van der Waals surface area contributed by atoms with E-state index in [9.17, 15) is 9.59 Å². The lowest BCUT2D eigenvalue weighted by Gasteiger charge is -2.31. The fourth-order valence-electron chi connectivity index (χ4n) is 3.90. The van der Waals surface area contributed by atoms with Crippen molar-refractivity contribution in [3.63, 3.8) is 0 Å². The molecule has 3 heterocycles. The third-order valence-electron chi connectivity index (χ3n) is 5.66. The number of para-hydroxylation sites is 1. The number of piperidine rings is 1. The van der Waals surface area contributed by atoms with Crippen LogP contribution in [0.4, 0.5) is 0 Å². The molecule has 1 aliphatic rings. The van der Waals surface area contributed by atoms with Crippen LogP contribution in [-0.4, -0.2) is 47.1 Å². The summed E-state index contributed by atoms with van der Waals surface area (Å²) in [6, 6.07) is 13.0. The Hall–Kier alpha value is -3.55. The number of nitrogens with one attached hydrogen (secondary N) is 2. The highest BCUT2D eigenvalue weighted by Crippen LogP contribution is 2.28. The molecule has 2 N–H and O–H groups in total. The molecule has 2 aromatic heterocycles. The van der Waals surface area contributed by atoms with Gasteiger partial charge in [0.2, 0.25) is 5.91 Å². The Kier molecular flexibility index (Phi) is 6.35. The summed E-state index contributed by atoms with van der Waals surface area (Å²) in [6.07, 6.45) is 3.56. The third kappa shape index (κ3) is 4.96. The lowest BCUT2D eigenvalue weighted by atomic mass is 9.93. The second kappa shape index (κ2) is 9.51. The zero-order valence-corrected chi connectivity index (χ0v) is 17.5. The van der Waals surface area contributed by atoms with Crippen molar-refractivity contribution in [3.05, 3.63) is 71.4 Å². The number of H-pyrrole nitrogens is 1. The van der Waals surface area contributed by atoms with Crippen LogP contribution in [0.25, 0.3) is 0 Å². The standard InChI is InChI=1S/C23H26N4O4/c1-30-21-7-3-2-5-17(21)13-22(28)27-10-8-16(9-11-27)19-14-20(26-25-19)23(29)24-15-18-6-4-12-31-18/h2-7,12,14,16H,8-11,13,15H2,1H3,(H,24,29)(H,25,26). The maximum Gasteiger partial charge on any atom is 0.272 e. The number of ether oxygens (including phenoxy) is 1. The van der Waals surface area contributed by atoms with E-state index in [4.69, 9.17) is 9.15 Å². The highest BCUT2D eigenvalue weighted by Gasteiger charge is 2.26. The van der Waals surface area contributed by atoms with Crippen LogP contribution in [0.2, 0.25) is 0 Å². The first kappa shape index (κ1) is 20.7. The lowest BCUT2D eigenvalue weighted by molar-refractivity contribution is -0.131.